The van der Waals surface area contributed by atoms with Gasteiger partial charge in [-0.05, 0) is 45.2 Å². The summed E-state index contributed by atoms with van der Waals surface area (Å²) in [5.41, 5.74) is 5.44. The molecule has 1 aliphatic carbocycles. The van der Waals surface area contributed by atoms with E-state index in [4.69, 9.17) is 10.9 Å². The van der Waals surface area contributed by atoms with E-state index in [-0.39, 0.29) is 0 Å². The smallest absolute Gasteiger partial charge is 0.139 e. The molecule has 1 rings (SSSR count). The first-order valence-corrected chi connectivity index (χ1v) is 6.81. The molecule has 2 unspecified atom stereocenters. The zero-order valence-corrected chi connectivity index (χ0v) is 11.2. The Morgan fingerprint density at radius 2 is 2.06 bits per heavy atom. The Hall–Kier alpha value is -0.770. The fourth-order valence-corrected chi connectivity index (χ4v) is 2.83. The predicted molar refractivity (Wildman–Crippen MR) is 71.3 cm³/mol. The summed E-state index contributed by atoms with van der Waals surface area (Å²) in [7, 11) is 2.23. The van der Waals surface area contributed by atoms with Gasteiger partial charge in [0.25, 0.3) is 0 Å². The molecule has 1 fully saturated rings. The molecule has 0 radical (unpaired) electrons. The monoisotopic (exact) mass is 241 g/mol. The van der Waals surface area contributed by atoms with Crippen LogP contribution < -0.4 is 5.73 Å². The quantitative estimate of drug-likeness (QED) is 0.247. The molecule has 4 nitrogen and oxygen atoms in total. The molecule has 0 spiro atoms. The number of oxime groups is 1. The molecule has 1 saturated carbocycles. The van der Waals surface area contributed by atoms with Crippen molar-refractivity contribution in [2.45, 2.75) is 57.9 Å². The average Bonchev–Trinajstić information content (AvgIpc) is 2.34. The lowest BCUT2D eigenvalue weighted by Gasteiger charge is -2.36. The molecule has 0 heterocycles. The van der Waals surface area contributed by atoms with Crippen LogP contribution in [0.2, 0.25) is 0 Å². The molecular formula is C13H27N3O. The SMILES string of the molecule is CC1CCCCC1N(C)CCCC/C(N)=N/O. The molecule has 0 amide bonds. The number of rotatable bonds is 6. The number of hydrogen-bond donors (Lipinski definition) is 2. The van der Waals surface area contributed by atoms with Crippen molar-refractivity contribution in [1.29, 1.82) is 0 Å². The van der Waals surface area contributed by atoms with E-state index in [1.54, 1.807) is 0 Å². The van der Waals surface area contributed by atoms with E-state index in [0.29, 0.717) is 12.3 Å². The second kappa shape index (κ2) is 7.54. The summed E-state index contributed by atoms with van der Waals surface area (Å²) in [5, 5.41) is 11.4. The zero-order chi connectivity index (χ0) is 12.7. The molecule has 100 valence electrons. The summed E-state index contributed by atoms with van der Waals surface area (Å²) in [6.45, 7) is 3.49. The molecule has 0 aromatic carbocycles. The Kier molecular flexibility index (Phi) is 6.34. The van der Waals surface area contributed by atoms with Gasteiger partial charge in [0.15, 0.2) is 0 Å². The van der Waals surface area contributed by atoms with Gasteiger partial charge >= 0.3 is 0 Å². The van der Waals surface area contributed by atoms with Crippen LogP contribution in [0.5, 0.6) is 0 Å². The lowest BCUT2D eigenvalue weighted by Crippen LogP contribution is -2.39. The minimum atomic E-state index is 0.346. The molecular weight excluding hydrogens is 214 g/mol. The van der Waals surface area contributed by atoms with Crippen molar-refractivity contribution in [2.24, 2.45) is 16.8 Å². The summed E-state index contributed by atoms with van der Waals surface area (Å²) in [6, 6.07) is 0.757. The minimum absolute atomic E-state index is 0.346. The molecule has 0 aromatic heterocycles. The highest BCUT2D eigenvalue weighted by Gasteiger charge is 2.24. The van der Waals surface area contributed by atoms with Gasteiger partial charge in [0, 0.05) is 12.5 Å². The van der Waals surface area contributed by atoms with E-state index in [1.807, 2.05) is 0 Å². The number of hydrogen-bond acceptors (Lipinski definition) is 3. The molecule has 0 saturated heterocycles. The van der Waals surface area contributed by atoms with Gasteiger partial charge in [-0.15, -0.1) is 0 Å². The highest BCUT2D eigenvalue weighted by Crippen LogP contribution is 2.27. The van der Waals surface area contributed by atoms with Crippen LogP contribution in [-0.2, 0) is 0 Å². The van der Waals surface area contributed by atoms with Crippen LogP contribution in [0.3, 0.4) is 0 Å². The maximum Gasteiger partial charge on any atom is 0.139 e. The summed E-state index contributed by atoms with van der Waals surface area (Å²) in [4.78, 5) is 2.50. The number of nitrogens with two attached hydrogens (primary N) is 1. The molecule has 0 aromatic rings. The third-order valence-corrected chi connectivity index (χ3v) is 3.95. The van der Waals surface area contributed by atoms with E-state index in [2.05, 4.69) is 24.0 Å². The molecule has 0 bridgehead atoms. The Morgan fingerprint density at radius 1 is 1.35 bits per heavy atom. The van der Waals surface area contributed by atoms with Crippen LogP contribution in [0, 0.1) is 5.92 Å². The summed E-state index contributed by atoms with van der Waals surface area (Å²) < 4.78 is 0. The minimum Gasteiger partial charge on any atom is -0.409 e. The Balaban J connectivity index is 2.17. The van der Waals surface area contributed by atoms with Gasteiger partial charge in [-0.25, -0.2) is 0 Å². The molecule has 2 atom stereocenters. The lowest BCUT2D eigenvalue weighted by atomic mass is 9.85. The van der Waals surface area contributed by atoms with E-state index < -0.39 is 0 Å². The van der Waals surface area contributed by atoms with Gasteiger partial charge in [-0.2, -0.15) is 0 Å². The second-order valence-corrected chi connectivity index (χ2v) is 5.36. The van der Waals surface area contributed by atoms with Gasteiger partial charge in [0.05, 0.1) is 0 Å². The number of nitrogens with zero attached hydrogens (tertiary/aromatic N) is 2. The van der Waals surface area contributed by atoms with Gasteiger partial charge < -0.3 is 15.8 Å². The van der Waals surface area contributed by atoms with E-state index in [0.717, 1.165) is 31.3 Å². The van der Waals surface area contributed by atoms with Crippen molar-refractivity contribution in [3.8, 4) is 0 Å². The normalized spacial score (nSPS) is 26.4. The van der Waals surface area contributed by atoms with Crippen molar-refractivity contribution in [3.63, 3.8) is 0 Å². The average molecular weight is 241 g/mol. The third-order valence-electron chi connectivity index (χ3n) is 3.95. The van der Waals surface area contributed by atoms with Crippen LogP contribution >= 0.6 is 0 Å². The third kappa shape index (κ3) is 4.94. The summed E-state index contributed by atoms with van der Waals surface area (Å²) in [5.74, 6) is 1.18. The Bertz CT molecular complexity index is 243. The fourth-order valence-electron chi connectivity index (χ4n) is 2.83. The lowest BCUT2D eigenvalue weighted by molar-refractivity contribution is 0.138. The molecule has 1 aliphatic rings. The molecule has 0 aliphatic heterocycles. The first-order valence-electron chi connectivity index (χ1n) is 6.81. The first-order chi connectivity index (χ1) is 8.15. The number of amidine groups is 1. The van der Waals surface area contributed by atoms with E-state index in [9.17, 15) is 0 Å². The van der Waals surface area contributed by atoms with Gasteiger partial charge in [0.1, 0.15) is 5.84 Å². The maximum absolute atomic E-state index is 8.43. The highest BCUT2D eigenvalue weighted by molar-refractivity contribution is 5.79. The number of unbranched alkanes of at least 4 members (excludes halogenated alkanes) is 1. The van der Waals surface area contributed by atoms with E-state index in [1.165, 1.54) is 25.7 Å². The van der Waals surface area contributed by atoms with Crippen LogP contribution in [-0.4, -0.2) is 35.6 Å². The first kappa shape index (κ1) is 14.3. The van der Waals surface area contributed by atoms with Crippen molar-refractivity contribution in [2.75, 3.05) is 13.6 Å². The second-order valence-electron chi connectivity index (χ2n) is 5.36. The van der Waals surface area contributed by atoms with Crippen molar-refractivity contribution < 1.29 is 5.21 Å². The van der Waals surface area contributed by atoms with Gasteiger partial charge in [0.2, 0.25) is 0 Å². The maximum atomic E-state index is 8.43. The molecule has 17 heavy (non-hydrogen) atoms. The molecule has 3 N–H and O–H groups in total. The van der Waals surface area contributed by atoms with E-state index >= 15 is 0 Å². The fraction of sp³-hybridized carbons (Fsp3) is 0.923. The van der Waals surface area contributed by atoms with Gasteiger partial charge in [-0.1, -0.05) is 24.9 Å². The van der Waals surface area contributed by atoms with Crippen molar-refractivity contribution >= 4 is 5.84 Å². The van der Waals surface area contributed by atoms with Gasteiger partial charge in [-0.3, -0.25) is 0 Å². The Morgan fingerprint density at radius 3 is 2.71 bits per heavy atom. The summed E-state index contributed by atoms with van der Waals surface area (Å²) in [6.07, 6.45) is 8.32. The highest BCUT2D eigenvalue weighted by atomic mass is 16.4. The van der Waals surface area contributed by atoms with Crippen LogP contribution in [0.25, 0.3) is 0 Å². The predicted octanol–water partition coefficient (Wildman–Crippen LogP) is 2.41. The topological polar surface area (TPSA) is 61.8 Å². The standard InChI is InChI=1S/C13H27N3O/c1-11-7-3-4-8-12(11)16(2)10-6-5-9-13(14)15-17/h11-12,17H,3-10H2,1-2H3,(H2,14,15). The molecule has 4 heteroatoms. The zero-order valence-electron chi connectivity index (χ0n) is 11.2. The largest absolute Gasteiger partial charge is 0.409 e. The Labute approximate surface area is 105 Å². The van der Waals surface area contributed by atoms with Crippen LogP contribution in [0.1, 0.15) is 51.9 Å². The van der Waals surface area contributed by atoms with Crippen molar-refractivity contribution in [3.05, 3.63) is 0 Å². The van der Waals surface area contributed by atoms with Crippen LogP contribution in [0.4, 0.5) is 0 Å². The van der Waals surface area contributed by atoms with Crippen molar-refractivity contribution in [1.82, 2.24) is 4.90 Å². The van der Waals surface area contributed by atoms with Crippen LogP contribution in [0.15, 0.2) is 5.16 Å². The summed E-state index contributed by atoms with van der Waals surface area (Å²) >= 11 is 0.